The van der Waals surface area contributed by atoms with Crippen LogP contribution in [0.25, 0.3) is 0 Å². The van der Waals surface area contributed by atoms with Crippen LogP contribution in [0.3, 0.4) is 0 Å². The molecule has 2 aliphatic heterocycles. The fourth-order valence-electron chi connectivity index (χ4n) is 3.76. The smallest absolute Gasteiger partial charge is 0.324 e. The van der Waals surface area contributed by atoms with Crippen LogP contribution in [0.2, 0.25) is 0 Å². The van der Waals surface area contributed by atoms with Gasteiger partial charge in [0, 0.05) is 25.0 Å². The van der Waals surface area contributed by atoms with Crippen molar-refractivity contribution < 1.29 is 14.3 Å². The first-order valence-electron chi connectivity index (χ1n) is 10.0. The summed E-state index contributed by atoms with van der Waals surface area (Å²) in [6.07, 6.45) is 2.30. The lowest BCUT2D eigenvalue weighted by Gasteiger charge is -2.39. The van der Waals surface area contributed by atoms with E-state index in [2.05, 4.69) is 12.2 Å². The van der Waals surface area contributed by atoms with E-state index in [1.165, 1.54) is 0 Å². The van der Waals surface area contributed by atoms with Crippen molar-refractivity contribution in [3.8, 4) is 5.75 Å². The third-order valence-electron chi connectivity index (χ3n) is 5.34. The van der Waals surface area contributed by atoms with Crippen molar-refractivity contribution >= 4 is 17.6 Å². The number of rotatable bonds is 3. The van der Waals surface area contributed by atoms with E-state index in [-0.39, 0.29) is 30.0 Å². The highest BCUT2D eigenvalue weighted by Gasteiger charge is 2.34. The van der Waals surface area contributed by atoms with Crippen molar-refractivity contribution in [2.75, 3.05) is 24.5 Å². The molecule has 6 heteroatoms. The van der Waals surface area contributed by atoms with Gasteiger partial charge in [-0.05, 0) is 57.7 Å². The summed E-state index contributed by atoms with van der Waals surface area (Å²) < 4.78 is 6.02. The number of anilines is 1. The van der Waals surface area contributed by atoms with Crippen LogP contribution >= 0.6 is 0 Å². The van der Waals surface area contributed by atoms with Gasteiger partial charge in [0.05, 0.1) is 12.2 Å². The van der Waals surface area contributed by atoms with Gasteiger partial charge in [-0.2, -0.15) is 0 Å². The van der Waals surface area contributed by atoms with Crippen LogP contribution in [0.15, 0.2) is 18.2 Å². The van der Waals surface area contributed by atoms with Gasteiger partial charge in [-0.15, -0.1) is 0 Å². The molecule has 0 saturated carbocycles. The Bertz CT molecular complexity index is 696. The van der Waals surface area contributed by atoms with Crippen molar-refractivity contribution in [2.45, 2.75) is 59.1 Å². The zero-order chi connectivity index (χ0) is 19.6. The minimum atomic E-state index is -0.000870. The molecule has 2 aliphatic rings. The molecular weight excluding hydrogens is 342 g/mol. The zero-order valence-electron chi connectivity index (χ0n) is 16.8. The van der Waals surface area contributed by atoms with Crippen LogP contribution in [-0.4, -0.2) is 48.6 Å². The van der Waals surface area contributed by atoms with Gasteiger partial charge in [-0.1, -0.05) is 13.0 Å². The van der Waals surface area contributed by atoms with Crippen LogP contribution in [0, 0.1) is 12.8 Å². The van der Waals surface area contributed by atoms with Crippen molar-refractivity contribution in [1.29, 1.82) is 0 Å². The quantitative estimate of drug-likeness (QED) is 0.884. The highest BCUT2D eigenvalue weighted by molar-refractivity contribution is 5.94. The molecule has 0 bridgehead atoms. The topological polar surface area (TPSA) is 61.9 Å². The molecule has 0 radical (unpaired) electrons. The van der Waals surface area contributed by atoms with Gasteiger partial charge < -0.3 is 15.0 Å². The number of fused-ring (bicyclic) bond motifs is 1. The van der Waals surface area contributed by atoms with Gasteiger partial charge in [-0.25, -0.2) is 4.79 Å². The highest BCUT2D eigenvalue weighted by atomic mass is 16.5. The molecule has 1 fully saturated rings. The number of ether oxygens (including phenoxy) is 1. The van der Waals surface area contributed by atoms with Crippen molar-refractivity contribution in [3.63, 3.8) is 0 Å². The first-order chi connectivity index (χ1) is 12.9. The molecular formula is C21H31N3O3. The first kappa shape index (κ1) is 19.5. The summed E-state index contributed by atoms with van der Waals surface area (Å²) in [5, 5.41) is 2.98. The molecule has 0 unspecified atom stereocenters. The number of piperidine rings is 1. The Labute approximate surface area is 161 Å². The number of carbonyl (C=O) groups is 2. The summed E-state index contributed by atoms with van der Waals surface area (Å²) in [4.78, 5) is 29.2. The average molecular weight is 373 g/mol. The van der Waals surface area contributed by atoms with Crippen LogP contribution in [-0.2, 0) is 4.79 Å². The fourth-order valence-corrected chi connectivity index (χ4v) is 3.76. The van der Waals surface area contributed by atoms with E-state index in [0.29, 0.717) is 32.5 Å². The Morgan fingerprint density at radius 2 is 1.96 bits per heavy atom. The number of nitrogens with one attached hydrogen (secondary N) is 1. The van der Waals surface area contributed by atoms with Crippen molar-refractivity contribution in [1.82, 2.24) is 10.2 Å². The van der Waals surface area contributed by atoms with Gasteiger partial charge >= 0.3 is 6.03 Å². The summed E-state index contributed by atoms with van der Waals surface area (Å²) in [5.41, 5.74) is 1.96. The van der Waals surface area contributed by atoms with Gasteiger partial charge in [0.25, 0.3) is 0 Å². The molecule has 0 spiro atoms. The molecule has 1 atom stereocenters. The minimum Gasteiger partial charge on any atom is -0.486 e. The SMILES string of the molecule is CC[C@@H]1CN(C(=O)N2CCC(C(=O)NC(C)C)CC2)c2cc(C)ccc2O1. The van der Waals surface area contributed by atoms with E-state index in [4.69, 9.17) is 4.74 Å². The molecule has 27 heavy (non-hydrogen) atoms. The van der Waals surface area contributed by atoms with Crippen molar-refractivity contribution in [3.05, 3.63) is 23.8 Å². The summed E-state index contributed by atoms with van der Waals surface area (Å²) in [6.45, 7) is 9.84. The second kappa shape index (κ2) is 8.19. The van der Waals surface area contributed by atoms with Crippen molar-refractivity contribution in [2.24, 2.45) is 5.92 Å². The van der Waals surface area contributed by atoms with Gasteiger partial charge in [0.15, 0.2) is 0 Å². The molecule has 1 N–H and O–H groups in total. The number of urea groups is 1. The van der Waals surface area contributed by atoms with Gasteiger partial charge in [0.1, 0.15) is 11.9 Å². The molecule has 2 heterocycles. The lowest BCUT2D eigenvalue weighted by atomic mass is 9.95. The monoisotopic (exact) mass is 373 g/mol. The van der Waals surface area contributed by atoms with E-state index in [9.17, 15) is 9.59 Å². The lowest BCUT2D eigenvalue weighted by molar-refractivity contribution is -0.126. The summed E-state index contributed by atoms with van der Waals surface area (Å²) in [7, 11) is 0. The molecule has 3 rings (SSSR count). The predicted octanol–water partition coefficient (Wildman–Crippen LogP) is 3.33. The van der Waals surface area contributed by atoms with E-state index < -0.39 is 0 Å². The Kier molecular flexibility index (Phi) is 5.92. The predicted molar refractivity (Wildman–Crippen MR) is 106 cm³/mol. The molecule has 148 valence electrons. The van der Waals surface area contributed by atoms with Gasteiger partial charge in [0.2, 0.25) is 5.91 Å². The number of aryl methyl sites for hydroxylation is 1. The molecule has 3 amide bonds. The second-order valence-corrected chi connectivity index (χ2v) is 7.94. The Hall–Kier alpha value is -2.24. The van der Waals surface area contributed by atoms with Gasteiger partial charge in [-0.3, -0.25) is 9.69 Å². The second-order valence-electron chi connectivity index (χ2n) is 7.94. The Balaban J connectivity index is 1.69. The standard InChI is InChI=1S/C21H31N3O3/c1-5-17-13-24(18-12-15(4)6-7-19(18)27-17)21(26)23-10-8-16(9-11-23)20(25)22-14(2)3/h6-7,12,14,16-17H,5,8-11,13H2,1-4H3,(H,22,25)/t17-/m1/s1. The molecule has 0 aliphatic carbocycles. The average Bonchev–Trinajstić information content (AvgIpc) is 2.66. The Morgan fingerprint density at radius 3 is 2.59 bits per heavy atom. The highest BCUT2D eigenvalue weighted by Crippen LogP contribution is 2.36. The molecule has 6 nitrogen and oxygen atoms in total. The molecule has 1 aromatic rings. The van der Waals surface area contributed by atoms with Crippen LogP contribution in [0.5, 0.6) is 5.75 Å². The summed E-state index contributed by atoms with van der Waals surface area (Å²) in [5.74, 6) is 0.882. The number of hydrogen-bond acceptors (Lipinski definition) is 3. The van der Waals surface area contributed by atoms with E-state index in [1.807, 2.05) is 48.8 Å². The number of likely N-dealkylation sites (tertiary alicyclic amines) is 1. The minimum absolute atomic E-state index is 0.000870. The van der Waals surface area contributed by atoms with Crippen LogP contribution in [0.4, 0.5) is 10.5 Å². The number of amides is 3. The zero-order valence-corrected chi connectivity index (χ0v) is 16.8. The van der Waals surface area contributed by atoms with E-state index in [1.54, 1.807) is 0 Å². The van der Waals surface area contributed by atoms with E-state index in [0.717, 1.165) is 23.4 Å². The van der Waals surface area contributed by atoms with Crippen LogP contribution in [0.1, 0.15) is 45.6 Å². The number of nitrogens with zero attached hydrogens (tertiary/aromatic N) is 2. The summed E-state index contributed by atoms with van der Waals surface area (Å²) in [6, 6.07) is 6.15. The largest absolute Gasteiger partial charge is 0.486 e. The van der Waals surface area contributed by atoms with E-state index >= 15 is 0 Å². The fraction of sp³-hybridized carbons (Fsp3) is 0.619. The third kappa shape index (κ3) is 4.37. The molecule has 0 aromatic heterocycles. The number of carbonyl (C=O) groups excluding carboxylic acids is 2. The number of benzene rings is 1. The normalized spacial score (nSPS) is 20.3. The molecule has 1 aromatic carbocycles. The first-order valence-corrected chi connectivity index (χ1v) is 10.0. The van der Waals surface area contributed by atoms with Crippen LogP contribution < -0.4 is 15.0 Å². The Morgan fingerprint density at radius 1 is 1.26 bits per heavy atom. The lowest BCUT2D eigenvalue weighted by Crippen LogP contribution is -2.52. The molecule has 1 saturated heterocycles. The third-order valence-corrected chi connectivity index (χ3v) is 5.34. The number of hydrogen-bond donors (Lipinski definition) is 1. The maximum atomic E-state index is 13.2. The summed E-state index contributed by atoms with van der Waals surface area (Å²) >= 11 is 0. The maximum absolute atomic E-state index is 13.2. The maximum Gasteiger partial charge on any atom is 0.324 e.